The average molecular weight is 216 g/mol. The zero-order valence-electron chi connectivity index (χ0n) is 9.30. The van der Waals surface area contributed by atoms with Crippen LogP contribution >= 0.6 is 0 Å². The molecule has 0 N–H and O–H groups in total. The Morgan fingerprint density at radius 2 is 2.12 bits per heavy atom. The summed E-state index contributed by atoms with van der Waals surface area (Å²) < 4.78 is 0. The van der Waals surface area contributed by atoms with Gasteiger partial charge < -0.3 is 0 Å². The second-order valence-corrected chi connectivity index (χ2v) is 3.94. The molecule has 0 bridgehead atoms. The Hall–Kier alpha value is -1.64. The van der Waals surface area contributed by atoms with E-state index < -0.39 is 0 Å². The highest BCUT2D eigenvalue weighted by molar-refractivity contribution is 5.78. The molecule has 0 aromatic heterocycles. The molecule has 2 rings (SSSR count). The molecule has 1 heterocycles. The molecule has 16 heavy (non-hydrogen) atoms. The topological polar surface area (TPSA) is 32.7 Å². The number of aryl methyl sites for hydroxylation is 1. The zero-order valence-corrected chi connectivity index (χ0v) is 9.30. The van der Waals surface area contributed by atoms with Crippen molar-refractivity contribution in [1.82, 2.24) is 5.01 Å². The molecule has 1 saturated heterocycles. The third-order valence-corrected chi connectivity index (χ3v) is 2.67. The Labute approximate surface area is 95.8 Å². The lowest BCUT2D eigenvalue weighted by Crippen LogP contribution is -2.17. The third-order valence-electron chi connectivity index (χ3n) is 2.67. The van der Waals surface area contributed by atoms with Gasteiger partial charge in [-0.1, -0.05) is 30.3 Å². The molecule has 1 aliphatic rings. The Morgan fingerprint density at radius 3 is 2.81 bits per heavy atom. The fraction of sp³-hybridized carbons (Fsp3) is 0.385. The highest BCUT2D eigenvalue weighted by Crippen LogP contribution is 2.09. The number of hydrogen-bond donors (Lipinski definition) is 0. The number of amides is 1. The van der Waals surface area contributed by atoms with E-state index in [9.17, 15) is 4.79 Å². The first-order chi connectivity index (χ1) is 7.86. The average Bonchev–Trinajstić information content (AvgIpc) is 2.72. The summed E-state index contributed by atoms with van der Waals surface area (Å²) in [4.78, 5) is 11.3. The van der Waals surface area contributed by atoms with Crippen molar-refractivity contribution in [3.05, 3.63) is 35.9 Å². The van der Waals surface area contributed by atoms with Crippen molar-refractivity contribution >= 4 is 12.1 Å². The van der Waals surface area contributed by atoms with E-state index >= 15 is 0 Å². The molecule has 3 heteroatoms. The van der Waals surface area contributed by atoms with E-state index in [1.54, 1.807) is 5.01 Å². The Morgan fingerprint density at radius 1 is 1.31 bits per heavy atom. The van der Waals surface area contributed by atoms with Crippen LogP contribution in [-0.4, -0.2) is 23.7 Å². The molecule has 0 radical (unpaired) electrons. The lowest BCUT2D eigenvalue weighted by atomic mass is 10.1. The van der Waals surface area contributed by atoms with Crippen LogP contribution in [0.15, 0.2) is 35.4 Å². The van der Waals surface area contributed by atoms with Gasteiger partial charge in [-0.3, -0.25) is 4.79 Å². The minimum atomic E-state index is 0.149. The molecule has 1 aliphatic heterocycles. The second-order valence-electron chi connectivity index (χ2n) is 3.94. The van der Waals surface area contributed by atoms with Crippen molar-refractivity contribution < 1.29 is 4.79 Å². The van der Waals surface area contributed by atoms with Crippen molar-refractivity contribution in [3.8, 4) is 0 Å². The molecule has 1 aromatic rings. The summed E-state index contributed by atoms with van der Waals surface area (Å²) >= 11 is 0. The standard InChI is InChI=1S/C13H16N2O/c16-13-9-5-11-15(13)14-10-4-8-12-6-2-1-3-7-12/h1-3,6-7,10H,4-5,8-9,11H2/b14-10+. The normalized spacial score (nSPS) is 16.2. The van der Waals surface area contributed by atoms with Gasteiger partial charge in [0.2, 0.25) is 5.91 Å². The zero-order chi connectivity index (χ0) is 11.2. The van der Waals surface area contributed by atoms with E-state index in [-0.39, 0.29) is 5.91 Å². The molecule has 0 spiro atoms. The minimum absolute atomic E-state index is 0.149. The quantitative estimate of drug-likeness (QED) is 0.710. The first-order valence-electron chi connectivity index (χ1n) is 5.73. The van der Waals surface area contributed by atoms with Crippen LogP contribution < -0.4 is 0 Å². The SMILES string of the molecule is O=C1CCCN1/N=C/CCc1ccccc1. The van der Waals surface area contributed by atoms with E-state index in [0.29, 0.717) is 6.42 Å². The summed E-state index contributed by atoms with van der Waals surface area (Å²) in [5.41, 5.74) is 1.31. The summed E-state index contributed by atoms with van der Waals surface area (Å²) in [5, 5.41) is 5.75. The van der Waals surface area contributed by atoms with Gasteiger partial charge in [-0.05, 0) is 24.8 Å². The largest absolute Gasteiger partial charge is 0.273 e. The van der Waals surface area contributed by atoms with Gasteiger partial charge in [0.05, 0.1) is 0 Å². The fourth-order valence-corrected chi connectivity index (χ4v) is 1.79. The number of carbonyl (C=O) groups is 1. The predicted octanol–water partition coefficient (Wildman–Crippen LogP) is 2.23. The monoisotopic (exact) mass is 216 g/mol. The van der Waals surface area contributed by atoms with Gasteiger partial charge in [0.15, 0.2) is 0 Å². The predicted molar refractivity (Wildman–Crippen MR) is 64.2 cm³/mol. The van der Waals surface area contributed by atoms with Crippen LogP contribution in [0.2, 0.25) is 0 Å². The van der Waals surface area contributed by atoms with Gasteiger partial charge in [-0.25, -0.2) is 5.01 Å². The Kier molecular flexibility index (Phi) is 3.70. The van der Waals surface area contributed by atoms with E-state index in [0.717, 1.165) is 25.8 Å². The number of nitrogens with zero attached hydrogens (tertiary/aromatic N) is 2. The lowest BCUT2D eigenvalue weighted by molar-refractivity contribution is -0.127. The van der Waals surface area contributed by atoms with Crippen LogP contribution in [0.25, 0.3) is 0 Å². The van der Waals surface area contributed by atoms with Crippen LogP contribution in [0.4, 0.5) is 0 Å². The van der Waals surface area contributed by atoms with Crippen molar-refractivity contribution in [3.63, 3.8) is 0 Å². The van der Waals surface area contributed by atoms with Crippen LogP contribution in [0.5, 0.6) is 0 Å². The molecule has 1 amide bonds. The summed E-state index contributed by atoms with van der Waals surface area (Å²) in [7, 11) is 0. The Bertz CT molecular complexity index is 373. The van der Waals surface area contributed by atoms with Gasteiger partial charge in [0.1, 0.15) is 0 Å². The molecule has 1 fully saturated rings. The smallest absolute Gasteiger partial charge is 0.242 e. The molecule has 1 aromatic carbocycles. The van der Waals surface area contributed by atoms with Crippen LogP contribution in [0.1, 0.15) is 24.8 Å². The number of rotatable bonds is 4. The van der Waals surface area contributed by atoms with Gasteiger partial charge in [-0.15, -0.1) is 0 Å². The van der Waals surface area contributed by atoms with Gasteiger partial charge in [0, 0.05) is 19.2 Å². The van der Waals surface area contributed by atoms with Crippen molar-refractivity contribution in [2.75, 3.05) is 6.54 Å². The first kappa shape index (κ1) is 10.9. The van der Waals surface area contributed by atoms with Crippen molar-refractivity contribution in [1.29, 1.82) is 0 Å². The second kappa shape index (κ2) is 5.45. The van der Waals surface area contributed by atoms with E-state index in [2.05, 4.69) is 17.2 Å². The maximum atomic E-state index is 11.3. The molecule has 0 saturated carbocycles. The molecular weight excluding hydrogens is 200 g/mol. The molecule has 3 nitrogen and oxygen atoms in total. The summed E-state index contributed by atoms with van der Waals surface area (Å²) in [6.07, 6.45) is 5.29. The fourth-order valence-electron chi connectivity index (χ4n) is 1.79. The summed E-state index contributed by atoms with van der Waals surface area (Å²) in [6, 6.07) is 10.3. The van der Waals surface area contributed by atoms with Gasteiger partial charge in [-0.2, -0.15) is 5.10 Å². The maximum absolute atomic E-state index is 11.3. The van der Waals surface area contributed by atoms with E-state index in [4.69, 9.17) is 0 Å². The number of hydrogen-bond acceptors (Lipinski definition) is 2. The van der Waals surface area contributed by atoms with Gasteiger partial charge in [0.25, 0.3) is 0 Å². The molecule has 84 valence electrons. The van der Waals surface area contributed by atoms with Crippen molar-refractivity contribution in [2.45, 2.75) is 25.7 Å². The third kappa shape index (κ3) is 2.92. The molecule has 0 atom stereocenters. The molecule has 0 aliphatic carbocycles. The molecular formula is C13H16N2O. The maximum Gasteiger partial charge on any atom is 0.242 e. The number of carbonyl (C=O) groups excluding carboxylic acids is 1. The number of hydrazone groups is 1. The van der Waals surface area contributed by atoms with Crippen LogP contribution in [-0.2, 0) is 11.2 Å². The van der Waals surface area contributed by atoms with Gasteiger partial charge >= 0.3 is 0 Å². The van der Waals surface area contributed by atoms with Crippen LogP contribution in [0.3, 0.4) is 0 Å². The summed E-state index contributed by atoms with van der Waals surface area (Å²) in [6.45, 7) is 0.778. The van der Waals surface area contributed by atoms with Crippen molar-refractivity contribution in [2.24, 2.45) is 5.10 Å². The molecule has 0 unspecified atom stereocenters. The lowest BCUT2D eigenvalue weighted by Gasteiger charge is -2.06. The van der Waals surface area contributed by atoms with Crippen LogP contribution in [0, 0.1) is 0 Å². The number of benzene rings is 1. The highest BCUT2D eigenvalue weighted by atomic mass is 16.2. The first-order valence-corrected chi connectivity index (χ1v) is 5.73. The van der Waals surface area contributed by atoms with E-state index in [1.807, 2.05) is 24.4 Å². The van der Waals surface area contributed by atoms with E-state index in [1.165, 1.54) is 5.56 Å². The summed E-state index contributed by atoms with van der Waals surface area (Å²) in [5.74, 6) is 0.149. The Balaban J connectivity index is 1.75. The highest BCUT2D eigenvalue weighted by Gasteiger charge is 2.18. The minimum Gasteiger partial charge on any atom is -0.273 e.